The molecular formula is C16H13BO2. The maximum atomic E-state index is 5.84. The van der Waals surface area contributed by atoms with Gasteiger partial charge in [-0.1, -0.05) is 0 Å². The minimum Gasteiger partial charge on any atom is -0.870 e. The molecule has 0 radical (unpaired) electrons. The normalized spacial score (nSPS) is 9.58. The van der Waals surface area contributed by atoms with Crippen molar-refractivity contribution in [1.82, 2.24) is 0 Å². The zero-order valence-electron chi connectivity index (χ0n) is 10.3. The van der Waals surface area contributed by atoms with Gasteiger partial charge in [0.1, 0.15) is 0 Å². The SMILES string of the molecule is [B+2]c1cccc(-c2cccc3ccccc23)c1.[OH-].[OH-]. The topological polar surface area (TPSA) is 60.0 Å². The van der Waals surface area contributed by atoms with E-state index in [0.29, 0.717) is 0 Å². The van der Waals surface area contributed by atoms with E-state index in [1.54, 1.807) is 0 Å². The van der Waals surface area contributed by atoms with Crippen molar-refractivity contribution in [3.8, 4) is 11.1 Å². The predicted molar refractivity (Wildman–Crippen MR) is 78.6 cm³/mol. The monoisotopic (exact) mass is 248 g/mol. The van der Waals surface area contributed by atoms with Gasteiger partial charge in [-0.2, -0.15) is 0 Å². The molecule has 3 aromatic rings. The molecule has 0 aliphatic rings. The molecule has 2 nitrogen and oxygen atoms in total. The van der Waals surface area contributed by atoms with Crippen molar-refractivity contribution in [2.45, 2.75) is 0 Å². The third-order valence-corrected chi connectivity index (χ3v) is 2.99. The molecule has 3 rings (SSSR count). The summed E-state index contributed by atoms with van der Waals surface area (Å²) in [6.07, 6.45) is 0. The first-order chi connectivity index (χ1) is 8.34. The minimum atomic E-state index is 0. The Hall–Kier alpha value is -2.10. The van der Waals surface area contributed by atoms with Gasteiger partial charge < -0.3 is 11.0 Å². The van der Waals surface area contributed by atoms with Gasteiger partial charge in [-0.25, -0.2) is 0 Å². The summed E-state index contributed by atoms with van der Waals surface area (Å²) in [4.78, 5) is 0. The van der Waals surface area contributed by atoms with E-state index in [9.17, 15) is 0 Å². The first kappa shape index (κ1) is 15.0. The van der Waals surface area contributed by atoms with E-state index in [1.165, 1.54) is 21.9 Å². The Morgan fingerprint density at radius 2 is 1.37 bits per heavy atom. The Bertz CT molecular complexity index is 675. The Balaban J connectivity index is 0.000000902. The van der Waals surface area contributed by atoms with Crippen LogP contribution in [0, 0.1) is 0 Å². The number of fused-ring (bicyclic) bond motifs is 1. The van der Waals surface area contributed by atoms with E-state index in [2.05, 4.69) is 48.5 Å². The van der Waals surface area contributed by atoms with Crippen molar-refractivity contribution < 1.29 is 11.0 Å². The van der Waals surface area contributed by atoms with Crippen LogP contribution in [0.3, 0.4) is 0 Å². The molecule has 0 amide bonds. The fraction of sp³-hybridized carbons (Fsp3) is 0. The Kier molecular flexibility index (Phi) is 4.87. The maximum absolute atomic E-state index is 5.84. The zero-order valence-corrected chi connectivity index (χ0v) is 10.3. The van der Waals surface area contributed by atoms with Crippen molar-refractivity contribution in [1.29, 1.82) is 0 Å². The number of rotatable bonds is 1. The van der Waals surface area contributed by atoms with E-state index < -0.39 is 0 Å². The van der Waals surface area contributed by atoms with Gasteiger partial charge >= 0.3 is 102 Å². The fourth-order valence-corrected chi connectivity index (χ4v) is 2.18. The summed E-state index contributed by atoms with van der Waals surface area (Å²) in [7, 11) is 5.84. The van der Waals surface area contributed by atoms with Gasteiger partial charge in [-0.05, 0) is 0 Å². The van der Waals surface area contributed by atoms with Gasteiger partial charge in [0.15, 0.2) is 0 Å². The molecule has 0 aliphatic carbocycles. The van der Waals surface area contributed by atoms with E-state index in [4.69, 9.17) is 7.85 Å². The standard InChI is InChI=1S/C16H11B.2H2O/c17-14-8-3-7-13(11-14)16-10-4-6-12-5-1-2-9-15(12)16;;/h1-11H;2*1H2/q+2;;/p-2. The number of hydrogen-bond acceptors (Lipinski definition) is 2. The smallest absolute Gasteiger partial charge is 0.870 e. The Labute approximate surface area is 113 Å². The molecule has 0 saturated heterocycles. The van der Waals surface area contributed by atoms with E-state index in [1.807, 2.05) is 18.2 Å². The second kappa shape index (κ2) is 6.18. The second-order valence-electron chi connectivity index (χ2n) is 4.15. The van der Waals surface area contributed by atoms with Crippen LogP contribution in [0.2, 0.25) is 0 Å². The van der Waals surface area contributed by atoms with Crippen molar-refractivity contribution >= 4 is 24.1 Å². The predicted octanol–water partition coefficient (Wildman–Crippen LogP) is 2.95. The molecule has 0 bridgehead atoms. The van der Waals surface area contributed by atoms with Crippen LogP contribution in [0.4, 0.5) is 0 Å². The summed E-state index contributed by atoms with van der Waals surface area (Å²) in [5.41, 5.74) is 3.20. The maximum Gasteiger partial charge on any atom is -0.870 e. The summed E-state index contributed by atoms with van der Waals surface area (Å²) in [6, 6.07) is 22.8. The van der Waals surface area contributed by atoms with Crippen LogP contribution in [-0.4, -0.2) is 18.8 Å². The van der Waals surface area contributed by atoms with Crippen LogP contribution in [0.1, 0.15) is 0 Å². The summed E-state index contributed by atoms with van der Waals surface area (Å²) in [5.74, 6) is 0. The van der Waals surface area contributed by atoms with Crippen molar-refractivity contribution in [3.05, 3.63) is 66.7 Å². The van der Waals surface area contributed by atoms with Crippen LogP contribution < -0.4 is 5.46 Å². The second-order valence-corrected chi connectivity index (χ2v) is 4.15. The molecule has 3 aromatic carbocycles. The fourth-order valence-electron chi connectivity index (χ4n) is 2.18. The molecule has 0 aromatic heterocycles. The third kappa shape index (κ3) is 2.84. The minimum absolute atomic E-state index is 0. The third-order valence-electron chi connectivity index (χ3n) is 2.99. The summed E-state index contributed by atoms with van der Waals surface area (Å²) >= 11 is 0. The van der Waals surface area contributed by atoms with Gasteiger partial charge in [0.25, 0.3) is 0 Å². The Morgan fingerprint density at radius 3 is 2.16 bits per heavy atom. The largest absolute Gasteiger partial charge is 0.870 e. The summed E-state index contributed by atoms with van der Waals surface area (Å²) in [5, 5.41) is 2.52. The van der Waals surface area contributed by atoms with E-state index in [-0.39, 0.29) is 11.0 Å². The van der Waals surface area contributed by atoms with Crippen LogP contribution in [0.15, 0.2) is 66.7 Å². The van der Waals surface area contributed by atoms with Crippen LogP contribution in [0.25, 0.3) is 21.9 Å². The van der Waals surface area contributed by atoms with Crippen molar-refractivity contribution in [2.24, 2.45) is 0 Å². The van der Waals surface area contributed by atoms with E-state index in [0.717, 1.165) is 5.46 Å². The van der Waals surface area contributed by atoms with Crippen LogP contribution in [0.5, 0.6) is 0 Å². The molecule has 0 unspecified atom stereocenters. The number of hydrogen-bond donors (Lipinski definition) is 0. The molecule has 0 saturated carbocycles. The van der Waals surface area contributed by atoms with E-state index >= 15 is 0 Å². The molecule has 0 aliphatic heterocycles. The van der Waals surface area contributed by atoms with Gasteiger partial charge in [-0.3, -0.25) is 0 Å². The van der Waals surface area contributed by atoms with Gasteiger partial charge in [0.2, 0.25) is 0 Å². The molecule has 19 heavy (non-hydrogen) atoms. The van der Waals surface area contributed by atoms with Crippen molar-refractivity contribution in [2.75, 3.05) is 0 Å². The molecule has 0 spiro atoms. The van der Waals surface area contributed by atoms with Gasteiger partial charge in [0.05, 0.1) is 0 Å². The Morgan fingerprint density at radius 1 is 0.684 bits per heavy atom. The average molecular weight is 248 g/mol. The molecule has 0 fully saturated rings. The molecular weight excluding hydrogens is 235 g/mol. The number of benzene rings is 3. The summed E-state index contributed by atoms with van der Waals surface area (Å²) < 4.78 is 0. The molecule has 0 heterocycles. The van der Waals surface area contributed by atoms with Gasteiger partial charge in [0, 0.05) is 0 Å². The first-order valence-corrected chi connectivity index (χ1v) is 5.68. The first-order valence-electron chi connectivity index (χ1n) is 5.68. The quantitative estimate of drug-likeness (QED) is 0.621. The van der Waals surface area contributed by atoms with Crippen molar-refractivity contribution in [3.63, 3.8) is 0 Å². The molecule has 2 N–H and O–H groups in total. The average Bonchev–Trinajstić information content (AvgIpc) is 2.38. The van der Waals surface area contributed by atoms with Gasteiger partial charge in [-0.15, -0.1) is 0 Å². The van der Waals surface area contributed by atoms with Crippen LogP contribution in [-0.2, 0) is 0 Å². The van der Waals surface area contributed by atoms with Crippen LogP contribution >= 0.6 is 0 Å². The summed E-state index contributed by atoms with van der Waals surface area (Å²) in [6.45, 7) is 0. The molecule has 92 valence electrons. The molecule has 3 heteroatoms. The zero-order chi connectivity index (χ0) is 11.7. The molecule has 0 atom stereocenters.